The van der Waals surface area contributed by atoms with Gasteiger partial charge in [-0.25, -0.2) is 4.79 Å². The molecule has 20 heavy (non-hydrogen) atoms. The second-order valence-corrected chi connectivity index (χ2v) is 4.55. The topological polar surface area (TPSA) is 76.1 Å². The number of carbonyl (C=O) groups is 2. The fourth-order valence-corrected chi connectivity index (χ4v) is 1.46. The Morgan fingerprint density at radius 1 is 1.35 bits per heavy atom. The van der Waals surface area contributed by atoms with Gasteiger partial charge in [0.05, 0.1) is 7.11 Å². The van der Waals surface area contributed by atoms with E-state index < -0.39 is 5.97 Å². The van der Waals surface area contributed by atoms with Gasteiger partial charge in [-0.3, -0.25) is 4.79 Å². The second-order valence-electron chi connectivity index (χ2n) is 4.55. The highest BCUT2D eigenvalue weighted by Crippen LogP contribution is 2.25. The van der Waals surface area contributed by atoms with E-state index in [1.165, 1.54) is 30.2 Å². The minimum Gasteiger partial charge on any atom is -0.497 e. The first-order chi connectivity index (χ1) is 9.36. The lowest BCUT2D eigenvalue weighted by Crippen LogP contribution is -2.36. The molecule has 1 aromatic carbocycles. The Morgan fingerprint density at radius 2 is 2.00 bits per heavy atom. The van der Waals surface area contributed by atoms with Crippen molar-refractivity contribution in [2.45, 2.75) is 19.9 Å². The van der Waals surface area contributed by atoms with Gasteiger partial charge in [0.15, 0.2) is 6.61 Å². The van der Waals surface area contributed by atoms with Crippen LogP contribution in [-0.2, 0) is 4.79 Å². The lowest BCUT2D eigenvalue weighted by Gasteiger charge is -2.21. The molecule has 0 heterocycles. The van der Waals surface area contributed by atoms with E-state index in [2.05, 4.69) is 0 Å². The van der Waals surface area contributed by atoms with Gasteiger partial charge in [-0.05, 0) is 26.0 Å². The van der Waals surface area contributed by atoms with Crippen molar-refractivity contribution in [3.8, 4) is 11.5 Å². The molecule has 1 aromatic rings. The molecule has 0 fully saturated rings. The Hall–Kier alpha value is -2.24. The predicted octanol–water partition coefficient (Wildman–Crippen LogP) is 1.64. The Bertz CT molecular complexity index is 498. The third kappa shape index (κ3) is 3.88. The molecule has 0 aliphatic heterocycles. The van der Waals surface area contributed by atoms with Crippen molar-refractivity contribution in [2.24, 2.45) is 0 Å². The summed E-state index contributed by atoms with van der Waals surface area (Å²) in [6.07, 6.45) is 0. The maximum absolute atomic E-state index is 11.8. The van der Waals surface area contributed by atoms with Crippen molar-refractivity contribution in [3.05, 3.63) is 23.8 Å². The molecule has 6 heteroatoms. The number of rotatable bonds is 6. The molecule has 0 aromatic heterocycles. The van der Waals surface area contributed by atoms with Crippen molar-refractivity contribution in [1.82, 2.24) is 4.90 Å². The average molecular weight is 281 g/mol. The van der Waals surface area contributed by atoms with E-state index >= 15 is 0 Å². The van der Waals surface area contributed by atoms with Gasteiger partial charge >= 0.3 is 5.97 Å². The Kier molecular flexibility index (Phi) is 5.37. The summed E-state index contributed by atoms with van der Waals surface area (Å²) in [7, 11) is 3.14. The number of carboxylic acids is 1. The average Bonchev–Trinajstić information content (AvgIpc) is 2.42. The molecule has 110 valence electrons. The van der Waals surface area contributed by atoms with Crippen molar-refractivity contribution in [1.29, 1.82) is 0 Å². The fraction of sp³-hybridized carbons (Fsp3) is 0.429. The van der Waals surface area contributed by atoms with Crippen LogP contribution < -0.4 is 9.47 Å². The number of ether oxygens (including phenoxy) is 2. The van der Waals surface area contributed by atoms with Gasteiger partial charge in [-0.15, -0.1) is 0 Å². The number of methoxy groups -OCH3 is 1. The molecule has 0 radical (unpaired) electrons. The molecule has 0 saturated heterocycles. The Morgan fingerprint density at radius 3 is 2.50 bits per heavy atom. The molecule has 1 N–H and O–H groups in total. The van der Waals surface area contributed by atoms with Gasteiger partial charge in [0.1, 0.15) is 17.1 Å². The molecule has 6 nitrogen and oxygen atoms in total. The molecule has 1 rings (SSSR count). The number of hydrogen-bond donors (Lipinski definition) is 1. The lowest BCUT2D eigenvalue weighted by atomic mass is 10.2. The molecule has 0 aliphatic carbocycles. The zero-order valence-corrected chi connectivity index (χ0v) is 12.0. The molecule has 0 unspecified atom stereocenters. The molecular formula is C14H19NO5. The summed E-state index contributed by atoms with van der Waals surface area (Å²) in [6.45, 7) is 3.54. The van der Waals surface area contributed by atoms with Crippen LogP contribution in [0.15, 0.2) is 18.2 Å². The summed E-state index contributed by atoms with van der Waals surface area (Å²) < 4.78 is 10.3. The van der Waals surface area contributed by atoms with Crippen molar-refractivity contribution < 1.29 is 24.2 Å². The molecule has 0 atom stereocenters. The minimum atomic E-state index is -1.12. The van der Waals surface area contributed by atoms with Crippen LogP contribution in [0.5, 0.6) is 11.5 Å². The number of likely N-dealkylation sites (N-methyl/N-ethyl adjacent to an activating group) is 1. The summed E-state index contributed by atoms with van der Waals surface area (Å²) >= 11 is 0. The lowest BCUT2D eigenvalue weighted by molar-refractivity contribution is -0.133. The largest absolute Gasteiger partial charge is 0.497 e. The van der Waals surface area contributed by atoms with Crippen LogP contribution in [0.4, 0.5) is 0 Å². The number of aromatic carboxylic acids is 1. The van der Waals surface area contributed by atoms with Gasteiger partial charge in [-0.2, -0.15) is 0 Å². The highest BCUT2D eigenvalue weighted by Gasteiger charge is 2.16. The van der Waals surface area contributed by atoms with E-state index in [1.54, 1.807) is 7.05 Å². The Balaban J connectivity index is 2.85. The first-order valence-corrected chi connectivity index (χ1v) is 6.16. The van der Waals surface area contributed by atoms with E-state index in [9.17, 15) is 9.59 Å². The van der Waals surface area contributed by atoms with Crippen LogP contribution in [0, 0.1) is 0 Å². The predicted molar refractivity (Wildman–Crippen MR) is 73.4 cm³/mol. The van der Waals surface area contributed by atoms with Gasteiger partial charge in [0.25, 0.3) is 5.91 Å². The van der Waals surface area contributed by atoms with Crippen LogP contribution in [0.1, 0.15) is 24.2 Å². The van der Waals surface area contributed by atoms with Gasteiger partial charge in [0.2, 0.25) is 0 Å². The van der Waals surface area contributed by atoms with E-state index in [0.717, 1.165) is 0 Å². The van der Waals surface area contributed by atoms with Crippen LogP contribution in [0.25, 0.3) is 0 Å². The number of carboxylic acid groups (broad SMARTS) is 1. The van der Waals surface area contributed by atoms with Crippen molar-refractivity contribution in [3.63, 3.8) is 0 Å². The van der Waals surface area contributed by atoms with E-state index in [4.69, 9.17) is 14.6 Å². The SMILES string of the molecule is COc1ccc(C(=O)O)c(OCC(=O)N(C)C(C)C)c1. The molecule has 1 amide bonds. The summed E-state index contributed by atoms with van der Waals surface area (Å²) in [6, 6.07) is 4.41. The van der Waals surface area contributed by atoms with Gasteiger partial charge in [-0.1, -0.05) is 0 Å². The monoisotopic (exact) mass is 281 g/mol. The molecule has 0 saturated carbocycles. The summed E-state index contributed by atoms with van der Waals surface area (Å²) in [5.41, 5.74) is -0.00852. The summed E-state index contributed by atoms with van der Waals surface area (Å²) in [4.78, 5) is 24.4. The standard InChI is InChI=1S/C14H19NO5/c1-9(2)15(3)13(16)8-20-12-7-10(19-4)5-6-11(12)14(17)18/h5-7,9H,8H2,1-4H3,(H,17,18). The highest BCUT2D eigenvalue weighted by molar-refractivity contribution is 5.91. The van der Waals surface area contributed by atoms with Gasteiger partial charge < -0.3 is 19.5 Å². The maximum atomic E-state index is 11.8. The zero-order chi connectivity index (χ0) is 15.3. The van der Waals surface area contributed by atoms with Gasteiger partial charge in [0, 0.05) is 19.2 Å². The van der Waals surface area contributed by atoms with Crippen LogP contribution in [0.2, 0.25) is 0 Å². The molecule has 0 spiro atoms. The van der Waals surface area contributed by atoms with E-state index in [0.29, 0.717) is 5.75 Å². The smallest absolute Gasteiger partial charge is 0.339 e. The number of benzene rings is 1. The van der Waals surface area contributed by atoms with Crippen molar-refractivity contribution >= 4 is 11.9 Å². The zero-order valence-electron chi connectivity index (χ0n) is 12.0. The molecular weight excluding hydrogens is 262 g/mol. The maximum Gasteiger partial charge on any atom is 0.339 e. The number of amides is 1. The minimum absolute atomic E-state index is 0.00852. The second kappa shape index (κ2) is 6.79. The van der Waals surface area contributed by atoms with Crippen molar-refractivity contribution in [2.75, 3.05) is 20.8 Å². The van der Waals surface area contributed by atoms with E-state index in [-0.39, 0.29) is 29.9 Å². The normalized spacial score (nSPS) is 10.2. The number of carbonyl (C=O) groups excluding carboxylic acids is 1. The van der Waals surface area contributed by atoms with Crippen LogP contribution in [-0.4, -0.2) is 48.7 Å². The number of hydrogen-bond acceptors (Lipinski definition) is 4. The molecule has 0 bridgehead atoms. The summed E-state index contributed by atoms with van der Waals surface area (Å²) in [5.74, 6) is -0.761. The third-order valence-electron chi connectivity index (χ3n) is 2.94. The third-order valence-corrected chi connectivity index (χ3v) is 2.94. The molecule has 0 aliphatic rings. The highest BCUT2D eigenvalue weighted by atomic mass is 16.5. The van der Waals surface area contributed by atoms with E-state index in [1.807, 2.05) is 13.8 Å². The first kappa shape index (κ1) is 15.8. The summed E-state index contributed by atoms with van der Waals surface area (Å²) in [5, 5.41) is 9.08. The Labute approximate surface area is 117 Å². The number of nitrogens with zero attached hydrogens (tertiary/aromatic N) is 1. The van der Waals surface area contributed by atoms with Crippen LogP contribution >= 0.6 is 0 Å². The fourth-order valence-electron chi connectivity index (χ4n) is 1.46. The van der Waals surface area contributed by atoms with Crippen LogP contribution in [0.3, 0.4) is 0 Å². The quantitative estimate of drug-likeness (QED) is 0.857. The first-order valence-electron chi connectivity index (χ1n) is 6.16.